The highest BCUT2D eigenvalue weighted by molar-refractivity contribution is 7.07. The lowest BCUT2D eigenvalue weighted by Gasteiger charge is -2.23. The molecule has 1 fully saturated rings. The van der Waals surface area contributed by atoms with Crippen molar-refractivity contribution in [1.29, 1.82) is 0 Å². The highest BCUT2D eigenvalue weighted by Gasteiger charge is 2.39. The molecule has 0 spiro atoms. The van der Waals surface area contributed by atoms with Crippen LogP contribution in [0.3, 0.4) is 0 Å². The number of carbonyl (C=O) groups is 1. The zero-order valence-corrected chi connectivity index (χ0v) is 10.2. The van der Waals surface area contributed by atoms with E-state index in [1.807, 2.05) is 16.8 Å². The Labute approximate surface area is 99.5 Å². The van der Waals surface area contributed by atoms with Gasteiger partial charge in [-0.05, 0) is 48.1 Å². The Morgan fingerprint density at radius 2 is 2.44 bits per heavy atom. The van der Waals surface area contributed by atoms with Crippen LogP contribution in [0.4, 0.5) is 0 Å². The molecule has 1 atom stereocenters. The monoisotopic (exact) mass is 239 g/mol. The van der Waals surface area contributed by atoms with Gasteiger partial charge < -0.3 is 10.4 Å². The van der Waals surface area contributed by atoms with E-state index in [4.69, 9.17) is 0 Å². The lowest BCUT2D eigenvalue weighted by atomic mass is 10.0. The van der Waals surface area contributed by atoms with E-state index in [0.717, 1.165) is 18.4 Å². The molecule has 4 heteroatoms. The number of amides is 1. The van der Waals surface area contributed by atoms with Crippen molar-refractivity contribution in [1.82, 2.24) is 5.32 Å². The first-order valence-electron chi connectivity index (χ1n) is 5.58. The molecule has 3 nitrogen and oxygen atoms in total. The molecule has 16 heavy (non-hydrogen) atoms. The van der Waals surface area contributed by atoms with Crippen LogP contribution in [-0.2, 0) is 11.2 Å². The van der Waals surface area contributed by atoms with Gasteiger partial charge >= 0.3 is 0 Å². The summed E-state index contributed by atoms with van der Waals surface area (Å²) in [5, 5.41) is 16.7. The van der Waals surface area contributed by atoms with E-state index in [2.05, 4.69) is 5.32 Å². The van der Waals surface area contributed by atoms with Gasteiger partial charge in [0.1, 0.15) is 0 Å². The third kappa shape index (κ3) is 3.06. The van der Waals surface area contributed by atoms with E-state index in [-0.39, 0.29) is 5.91 Å². The van der Waals surface area contributed by atoms with Gasteiger partial charge in [-0.25, -0.2) is 0 Å². The topological polar surface area (TPSA) is 49.3 Å². The summed E-state index contributed by atoms with van der Waals surface area (Å²) in [5.41, 5.74) is 0.304. The fourth-order valence-corrected chi connectivity index (χ4v) is 2.44. The van der Waals surface area contributed by atoms with Crippen LogP contribution >= 0.6 is 11.3 Å². The van der Waals surface area contributed by atoms with Crippen LogP contribution in [0.15, 0.2) is 16.8 Å². The summed E-state index contributed by atoms with van der Waals surface area (Å²) in [6.07, 6.45) is 2.56. The van der Waals surface area contributed by atoms with Crippen molar-refractivity contribution in [2.45, 2.75) is 31.8 Å². The van der Waals surface area contributed by atoms with E-state index >= 15 is 0 Å². The molecule has 0 radical (unpaired) electrons. The third-order valence-corrected chi connectivity index (χ3v) is 3.78. The molecular weight excluding hydrogens is 222 g/mol. The second-order valence-electron chi connectivity index (χ2n) is 4.72. The molecule has 1 amide bonds. The number of aliphatic hydroxyl groups is 1. The minimum absolute atomic E-state index is 0.0145. The maximum atomic E-state index is 11.6. The Morgan fingerprint density at radius 1 is 1.69 bits per heavy atom. The van der Waals surface area contributed by atoms with Gasteiger partial charge in [-0.1, -0.05) is 0 Å². The van der Waals surface area contributed by atoms with Gasteiger partial charge in [0.05, 0.1) is 12.0 Å². The van der Waals surface area contributed by atoms with Gasteiger partial charge in [-0.2, -0.15) is 11.3 Å². The SMILES string of the molecule is C[C@](O)(CNC(=O)Cc1ccsc1)C1CC1. The second-order valence-corrected chi connectivity index (χ2v) is 5.50. The molecular formula is C12H17NO2S. The van der Waals surface area contributed by atoms with Crippen molar-refractivity contribution >= 4 is 17.2 Å². The smallest absolute Gasteiger partial charge is 0.224 e. The lowest BCUT2D eigenvalue weighted by molar-refractivity contribution is -0.121. The Hall–Kier alpha value is -0.870. The molecule has 2 N–H and O–H groups in total. The maximum Gasteiger partial charge on any atom is 0.224 e. The molecule has 0 aliphatic heterocycles. The summed E-state index contributed by atoms with van der Waals surface area (Å²) in [4.78, 5) is 11.6. The molecule has 1 aromatic heterocycles. The highest BCUT2D eigenvalue weighted by Crippen LogP contribution is 2.38. The molecule has 1 aliphatic carbocycles. The van der Waals surface area contributed by atoms with Crippen LogP contribution in [-0.4, -0.2) is 23.2 Å². The fourth-order valence-electron chi connectivity index (χ4n) is 1.77. The van der Waals surface area contributed by atoms with Crippen LogP contribution in [0, 0.1) is 5.92 Å². The minimum Gasteiger partial charge on any atom is -0.388 e. The van der Waals surface area contributed by atoms with Crippen molar-refractivity contribution in [2.75, 3.05) is 6.54 Å². The first-order valence-corrected chi connectivity index (χ1v) is 6.52. The average molecular weight is 239 g/mol. The van der Waals surface area contributed by atoms with Gasteiger partial charge in [0.2, 0.25) is 5.91 Å². The second kappa shape index (κ2) is 4.55. The number of carbonyl (C=O) groups excluding carboxylic acids is 1. The first-order chi connectivity index (χ1) is 7.58. The van der Waals surface area contributed by atoms with Crippen molar-refractivity contribution in [3.05, 3.63) is 22.4 Å². The Bertz CT molecular complexity index is 355. The van der Waals surface area contributed by atoms with Gasteiger partial charge in [0.15, 0.2) is 0 Å². The van der Waals surface area contributed by atoms with Crippen LogP contribution in [0.5, 0.6) is 0 Å². The molecule has 0 unspecified atom stereocenters. The molecule has 1 aromatic rings. The summed E-state index contributed by atoms with van der Waals surface area (Å²) in [6, 6.07) is 1.95. The normalized spacial score (nSPS) is 19.1. The van der Waals surface area contributed by atoms with E-state index in [1.54, 1.807) is 18.3 Å². The summed E-state index contributed by atoms with van der Waals surface area (Å²) in [6.45, 7) is 2.16. The van der Waals surface area contributed by atoms with Crippen molar-refractivity contribution < 1.29 is 9.90 Å². The predicted molar refractivity (Wildman–Crippen MR) is 64.4 cm³/mol. The zero-order chi connectivity index (χ0) is 11.6. The molecule has 0 bridgehead atoms. The Morgan fingerprint density at radius 3 is 3.00 bits per heavy atom. The van der Waals surface area contributed by atoms with Crippen LogP contribution in [0.25, 0.3) is 0 Å². The van der Waals surface area contributed by atoms with E-state index in [9.17, 15) is 9.90 Å². The van der Waals surface area contributed by atoms with E-state index in [0.29, 0.717) is 18.9 Å². The van der Waals surface area contributed by atoms with Gasteiger partial charge in [0, 0.05) is 6.54 Å². The van der Waals surface area contributed by atoms with E-state index in [1.165, 1.54) is 0 Å². The van der Waals surface area contributed by atoms with Gasteiger partial charge in [0.25, 0.3) is 0 Å². The highest BCUT2D eigenvalue weighted by atomic mass is 32.1. The van der Waals surface area contributed by atoms with Gasteiger partial charge in [-0.15, -0.1) is 0 Å². The maximum absolute atomic E-state index is 11.6. The molecule has 88 valence electrons. The van der Waals surface area contributed by atoms with Crippen molar-refractivity contribution in [3.63, 3.8) is 0 Å². The average Bonchev–Trinajstić information content (AvgIpc) is 2.98. The largest absolute Gasteiger partial charge is 0.388 e. The number of nitrogens with one attached hydrogen (secondary N) is 1. The lowest BCUT2D eigenvalue weighted by Crippen LogP contribution is -2.42. The number of hydrogen-bond donors (Lipinski definition) is 2. The Balaban J connectivity index is 1.75. The molecule has 2 rings (SSSR count). The van der Waals surface area contributed by atoms with Crippen LogP contribution in [0.2, 0.25) is 0 Å². The van der Waals surface area contributed by atoms with Gasteiger partial charge in [-0.3, -0.25) is 4.79 Å². The molecule has 1 aliphatic rings. The Kier molecular flexibility index (Phi) is 3.30. The zero-order valence-electron chi connectivity index (χ0n) is 9.40. The number of rotatable bonds is 5. The summed E-state index contributed by atoms with van der Waals surface area (Å²) >= 11 is 1.59. The standard InChI is InChI=1S/C12H17NO2S/c1-12(15,10-2-3-10)8-13-11(14)6-9-4-5-16-7-9/h4-5,7,10,15H,2-3,6,8H2,1H3,(H,13,14)/t12-/m0/s1. The summed E-state index contributed by atoms with van der Waals surface area (Å²) < 4.78 is 0. The quantitative estimate of drug-likeness (QED) is 0.819. The third-order valence-electron chi connectivity index (χ3n) is 3.05. The van der Waals surface area contributed by atoms with Crippen molar-refractivity contribution in [3.8, 4) is 0 Å². The molecule has 0 aromatic carbocycles. The van der Waals surface area contributed by atoms with Crippen LogP contribution in [0.1, 0.15) is 25.3 Å². The number of thiophene rings is 1. The number of hydrogen-bond acceptors (Lipinski definition) is 3. The fraction of sp³-hybridized carbons (Fsp3) is 0.583. The van der Waals surface area contributed by atoms with E-state index < -0.39 is 5.60 Å². The van der Waals surface area contributed by atoms with Crippen LogP contribution < -0.4 is 5.32 Å². The summed E-state index contributed by atoms with van der Waals surface area (Å²) in [7, 11) is 0. The first kappa shape index (κ1) is 11.6. The summed E-state index contributed by atoms with van der Waals surface area (Å²) in [5.74, 6) is 0.355. The molecule has 1 saturated carbocycles. The minimum atomic E-state index is -0.732. The molecule has 0 saturated heterocycles. The molecule has 1 heterocycles. The predicted octanol–water partition coefficient (Wildman–Crippen LogP) is 1.57. The van der Waals surface area contributed by atoms with Crippen molar-refractivity contribution in [2.24, 2.45) is 5.92 Å².